The van der Waals surface area contributed by atoms with Crippen LogP contribution in [0.5, 0.6) is 0 Å². The van der Waals surface area contributed by atoms with Crippen LogP contribution in [0.1, 0.15) is 28.4 Å². The molecule has 3 rings (SSSR count). The molecule has 0 amide bonds. The summed E-state index contributed by atoms with van der Waals surface area (Å²) < 4.78 is 0. The average molecular weight is 333 g/mol. The second-order valence-electron chi connectivity index (χ2n) is 5.76. The van der Waals surface area contributed by atoms with Crippen molar-refractivity contribution in [2.45, 2.75) is 20.4 Å². The lowest BCUT2D eigenvalue weighted by molar-refractivity contribution is 0.101. The summed E-state index contributed by atoms with van der Waals surface area (Å²) in [6.07, 6.45) is 1.55. The van der Waals surface area contributed by atoms with Crippen LogP contribution in [0.25, 0.3) is 0 Å². The maximum atomic E-state index is 11.3. The Morgan fingerprint density at radius 2 is 1.76 bits per heavy atom. The molecule has 1 heterocycles. The van der Waals surface area contributed by atoms with Crippen LogP contribution in [0, 0.1) is 6.92 Å². The molecule has 3 aromatic rings. The number of rotatable bonds is 6. The molecular weight excluding hydrogens is 314 g/mol. The van der Waals surface area contributed by atoms with Crippen molar-refractivity contribution in [3.8, 4) is 0 Å². The molecule has 126 valence electrons. The highest BCUT2D eigenvalue weighted by Crippen LogP contribution is 2.16. The molecule has 2 N–H and O–H groups in total. The second kappa shape index (κ2) is 7.53. The Bertz CT molecular complexity index is 860. The van der Waals surface area contributed by atoms with Crippen LogP contribution in [0.2, 0.25) is 0 Å². The zero-order valence-corrected chi connectivity index (χ0v) is 14.2. The maximum Gasteiger partial charge on any atom is 0.244 e. The third kappa shape index (κ3) is 4.60. The molecule has 0 fully saturated rings. The first-order chi connectivity index (χ1) is 12.1. The summed E-state index contributed by atoms with van der Waals surface area (Å²) >= 11 is 0. The molecule has 0 atom stereocenters. The van der Waals surface area contributed by atoms with Crippen LogP contribution >= 0.6 is 0 Å². The standard InChI is InChI=1S/C19H19N5O/c1-13-3-5-15(6-4-13)11-20-19-23-18(12-21-24-19)22-17-9-7-16(8-10-17)14(2)25/h3-10,12H,11H2,1-2H3,(H2,20,22,23,24). The van der Waals surface area contributed by atoms with Gasteiger partial charge >= 0.3 is 0 Å². The van der Waals surface area contributed by atoms with Crippen molar-refractivity contribution in [2.24, 2.45) is 0 Å². The fraction of sp³-hybridized carbons (Fsp3) is 0.158. The van der Waals surface area contributed by atoms with Crippen molar-refractivity contribution < 1.29 is 4.79 Å². The number of carbonyl (C=O) groups is 1. The Hall–Kier alpha value is -3.28. The number of hydrogen-bond donors (Lipinski definition) is 2. The third-order valence-corrected chi connectivity index (χ3v) is 3.69. The van der Waals surface area contributed by atoms with E-state index in [1.165, 1.54) is 5.56 Å². The van der Waals surface area contributed by atoms with Gasteiger partial charge in [-0.25, -0.2) is 0 Å². The van der Waals surface area contributed by atoms with Crippen LogP contribution in [-0.2, 0) is 6.54 Å². The smallest absolute Gasteiger partial charge is 0.244 e. The van der Waals surface area contributed by atoms with E-state index in [4.69, 9.17) is 0 Å². The van der Waals surface area contributed by atoms with E-state index < -0.39 is 0 Å². The lowest BCUT2D eigenvalue weighted by Crippen LogP contribution is -2.06. The Morgan fingerprint density at radius 1 is 1.04 bits per heavy atom. The van der Waals surface area contributed by atoms with Gasteiger partial charge < -0.3 is 10.6 Å². The molecule has 0 saturated heterocycles. The van der Waals surface area contributed by atoms with E-state index in [1.54, 1.807) is 25.3 Å². The highest BCUT2D eigenvalue weighted by Gasteiger charge is 2.03. The highest BCUT2D eigenvalue weighted by atomic mass is 16.1. The van der Waals surface area contributed by atoms with Crippen LogP contribution in [0.3, 0.4) is 0 Å². The normalized spacial score (nSPS) is 10.3. The largest absolute Gasteiger partial charge is 0.349 e. The SMILES string of the molecule is CC(=O)c1ccc(Nc2cnnc(NCc3ccc(C)cc3)n2)cc1. The van der Waals surface area contributed by atoms with Crippen LogP contribution in [0.4, 0.5) is 17.5 Å². The monoisotopic (exact) mass is 333 g/mol. The molecule has 2 aromatic carbocycles. The van der Waals surface area contributed by atoms with E-state index in [9.17, 15) is 4.79 Å². The molecule has 0 bridgehead atoms. The molecule has 25 heavy (non-hydrogen) atoms. The van der Waals surface area contributed by atoms with Gasteiger partial charge in [0, 0.05) is 17.8 Å². The summed E-state index contributed by atoms with van der Waals surface area (Å²) in [5.41, 5.74) is 3.87. The first-order valence-electron chi connectivity index (χ1n) is 7.97. The molecule has 0 aliphatic rings. The van der Waals surface area contributed by atoms with Crippen LogP contribution < -0.4 is 10.6 Å². The van der Waals surface area contributed by atoms with Crippen molar-refractivity contribution in [3.05, 3.63) is 71.4 Å². The minimum absolute atomic E-state index is 0.0397. The predicted molar refractivity (Wildman–Crippen MR) is 98.1 cm³/mol. The van der Waals surface area contributed by atoms with Gasteiger partial charge in [-0.15, -0.1) is 5.10 Å². The van der Waals surface area contributed by atoms with Gasteiger partial charge in [0.1, 0.15) is 0 Å². The number of benzene rings is 2. The van der Waals surface area contributed by atoms with Gasteiger partial charge in [0.25, 0.3) is 0 Å². The number of aryl methyl sites for hydroxylation is 1. The lowest BCUT2D eigenvalue weighted by Gasteiger charge is -2.08. The highest BCUT2D eigenvalue weighted by molar-refractivity contribution is 5.94. The van der Waals surface area contributed by atoms with E-state index in [1.807, 2.05) is 12.1 Å². The van der Waals surface area contributed by atoms with Crippen molar-refractivity contribution in [1.29, 1.82) is 0 Å². The number of ketones is 1. The average Bonchev–Trinajstić information content (AvgIpc) is 2.62. The molecular formula is C19H19N5O. The molecule has 0 saturated carbocycles. The van der Waals surface area contributed by atoms with E-state index >= 15 is 0 Å². The summed E-state index contributed by atoms with van der Waals surface area (Å²) in [5, 5.41) is 14.3. The quantitative estimate of drug-likeness (QED) is 0.669. The summed E-state index contributed by atoms with van der Waals surface area (Å²) in [4.78, 5) is 15.7. The Labute approximate surface area is 146 Å². The molecule has 6 heteroatoms. The van der Waals surface area contributed by atoms with Gasteiger partial charge in [-0.2, -0.15) is 10.1 Å². The summed E-state index contributed by atoms with van der Waals surface area (Å²) in [7, 11) is 0. The summed E-state index contributed by atoms with van der Waals surface area (Å²) in [5.74, 6) is 1.07. The zero-order valence-electron chi connectivity index (χ0n) is 14.2. The first-order valence-corrected chi connectivity index (χ1v) is 7.97. The van der Waals surface area contributed by atoms with Crippen molar-refractivity contribution in [3.63, 3.8) is 0 Å². The zero-order chi connectivity index (χ0) is 17.6. The molecule has 6 nitrogen and oxygen atoms in total. The van der Waals surface area contributed by atoms with Crippen molar-refractivity contribution in [2.75, 3.05) is 10.6 Å². The predicted octanol–water partition coefficient (Wildman–Crippen LogP) is 3.74. The minimum Gasteiger partial charge on any atom is -0.349 e. The van der Waals surface area contributed by atoms with Gasteiger partial charge in [0.05, 0.1) is 6.20 Å². The molecule has 0 radical (unpaired) electrons. The number of hydrogen-bond acceptors (Lipinski definition) is 6. The van der Waals surface area contributed by atoms with Gasteiger partial charge in [-0.1, -0.05) is 29.8 Å². The Kier molecular flexibility index (Phi) is 4.99. The van der Waals surface area contributed by atoms with Crippen molar-refractivity contribution in [1.82, 2.24) is 15.2 Å². The number of Topliss-reactive ketones (excluding diaryl/α,β-unsaturated/α-hetero) is 1. The topological polar surface area (TPSA) is 79.8 Å². The van der Waals surface area contributed by atoms with Crippen LogP contribution in [-0.4, -0.2) is 21.0 Å². The number of nitrogens with zero attached hydrogens (tertiary/aromatic N) is 3. The number of carbonyl (C=O) groups excluding carboxylic acids is 1. The second-order valence-corrected chi connectivity index (χ2v) is 5.76. The molecule has 1 aromatic heterocycles. The van der Waals surface area contributed by atoms with E-state index in [0.29, 0.717) is 23.9 Å². The van der Waals surface area contributed by atoms with E-state index in [0.717, 1.165) is 11.3 Å². The van der Waals surface area contributed by atoms with Crippen LogP contribution in [0.15, 0.2) is 54.7 Å². The maximum absolute atomic E-state index is 11.3. The lowest BCUT2D eigenvalue weighted by atomic mass is 10.1. The third-order valence-electron chi connectivity index (χ3n) is 3.69. The number of aromatic nitrogens is 3. The van der Waals surface area contributed by atoms with Gasteiger partial charge in [-0.3, -0.25) is 4.79 Å². The Morgan fingerprint density at radius 3 is 2.44 bits per heavy atom. The number of anilines is 3. The van der Waals surface area contributed by atoms with Gasteiger partial charge in [0.2, 0.25) is 5.95 Å². The number of nitrogens with one attached hydrogen (secondary N) is 2. The first kappa shape index (κ1) is 16.6. The Balaban J connectivity index is 1.64. The molecule has 0 aliphatic heterocycles. The van der Waals surface area contributed by atoms with Crippen molar-refractivity contribution >= 4 is 23.2 Å². The summed E-state index contributed by atoms with van der Waals surface area (Å²) in [6, 6.07) is 15.5. The minimum atomic E-state index is 0.0397. The van der Waals surface area contributed by atoms with Gasteiger partial charge in [0.15, 0.2) is 11.6 Å². The molecule has 0 spiro atoms. The van der Waals surface area contributed by atoms with E-state index in [-0.39, 0.29) is 5.78 Å². The van der Waals surface area contributed by atoms with Gasteiger partial charge in [-0.05, 0) is 43.7 Å². The summed E-state index contributed by atoms with van der Waals surface area (Å²) in [6.45, 7) is 4.23. The van der Waals surface area contributed by atoms with E-state index in [2.05, 4.69) is 57.0 Å². The molecule has 0 unspecified atom stereocenters. The fourth-order valence-electron chi connectivity index (χ4n) is 2.26. The fourth-order valence-corrected chi connectivity index (χ4v) is 2.26. The molecule has 0 aliphatic carbocycles.